The number of methoxy groups -OCH3 is 1. The van der Waals surface area contributed by atoms with E-state index in [2.05, 4.69) is 10.6 Å². The van der Waals surface area contributed by atoms with E-state index in [4.69, 9.17) is 4.74 Å². The molecule has 124 valence electrons. The molecule has 1 aliphatic rings. The Bertz CT molecular complexity index is 666. The lowest BCUT2D eigenvalue weighted by molar-refractivity contribution is 0.0955. The maximum Gasteiger partial charge on any atom is 0.265 e. The summed E-state index contributed by atoms with van der Waals surface area (Å²) in [6.45, 7) is 1.45. The van der Waals surface area contributed by atoms with Crippen molar-refractivity contribution < 1.29 is 9.53 Å². The predicted molar refractivity (Wildman–Crippen MR) is 99.1 cm³/mol. The first kappa shape index (κ1) is 16.6. The van der Waals surface area contributed by atoms with Crippen molar-refractivity contribution >= 4 is 39.1 Å². The van der Waals surface area contributed by atoms with Gasteiger partial charge in [-0.1, -0.05) is 12.1 Å². The molecule has 3 rings (SSSR count). The molecule has 23 heavy (non-hydrogen) atoms. The van der Waals surface area contributed by atoms with Crippen LogP contribution in [0.4, 0.5) is 0 Å². The van der Waals surface area contributed by atoms with E-state index in [1.807, 2.05) is 36.0 Å². The van der Waals surface area contributed by atoms with E-state index >= 15 is 0 Å². The first-order valence-electron chi connectivity index (χ1n) is 7.94. The number of benzene rings is 1. The largest absolute Gasteiger partial charge is 0.494 e. The van der Waals surface area contributed by atoms with Crippen molar-refractivity contribution in [2.75, 3.05) is 31.7 Å². The number of ether oxygens (including phenoxy) is 1. The molecule has 0 radical (unpaired) electrons. The third-order valence-corrected chi connectivity index (χ3v) is 6.22. The smallest absolute Gasteiger partial charge is 0.265 e. The van der Waals surface area contributed by atoms with Crippen molar-refractivity contribution in [2.24, 2.45) is 0 Å². The van der Waals surface area contributed by atoms with E-state index in [0.29, 0.717) is 23.2 Å². The van der Waals surface area contributed by atoms with Crippen molar-refractivity contribution in [3.05, 3.63) is 29.1 Å². The molecule has 1 fully saturated rings. The Balaban J connectivity index is 1.55. The minimum absolute atomic E-state index is 0.0518. The monoisotopic (exact) mass is 350 g/mol. The lowest BCUT2D eigenvalue weighted by atomic mass is 10.1. The van der Waals surface area contributed by atoms with Gasteiger partial charge >= 0.3 is 0 Å². The van der Waals surface area contributed by atoms with E-state index in [0.717, 1.165) is 16.6 Å². The highest BCUT2D eigenvalue weighted by molar-refractivity contribution is 7.99. The van der Waals surface area contributed by atoms with Crippen molar-refractivity contribution in [3.8, 4) is 5.75 Å². The maximum atomic E-state index is 12.4. The van der Waals surface area contributed by atoms with Gasteiger partial charge in [-0.15, -0.1) is 11.3 Å². The van der Waals surface area contributed by atoms with Gasteiger partial charge < -0.3 is 15.4 Å². The van der Waals surface area contributed by atoms with Crippen LogP contribution in [-0.4, -0.2) is 43.7 Å². The molecule has 1 aromatic heterocycles. The van der Waals surface area contributed by atoms with Gasteiger partial charge in [0, 0.05) is 29.2 Å². The van der Waals surface area contributed by atoms with E-state index in [1.54, 1.807) is 7.11 Å². The van der Waals surface area contributed by atoms with Gasteiger partial charge in [-0.05, 0) is 36.5 Å². The number of hydrogen-bond acceptors (Lipinski definition) is 5. The molecule has 1 aliphatic heterocycles. The molecule has 0 aliphatic carbocycles. The van der Waals surface area contributed by atoms with Crippen LogP contribution in [0.3, 0.4) is 0 Å². The highest BCUT2D eigenvalue weighted by Crippen LogP contribution is 2.37. The molecule has 6 heteroatoms. The van der Waals surface area contributed by atoms with Gasteiger partial charge in [-0.25, -0.2) is 0 Å². The average molecular weight is 351 g/mol. The van der Waals surface area contributed by atoms with Gasteiger partial charge in [0.05, 0.1) is 7.11 Å². The van der Waals surface area contributed by atoms with Gasteiger partial charge in [0.1, 0.15) is 10.6 Å². The minimum atomic E-state index is -0.0518. The van der Waals surface area contributed by atoms with Crippen LogP contribution in [0.1, 0.15) is 22.5 Å². The number of nitrogens with one attached hydrogen (secondary N) is 2. The second kappa shape index (κ2) is 8.04. The number of amides is 1. The van der Waals surface area contributed by atoms with E-state index in [-0.39, 0.29) is 5.91 Å². The first-order chi connectivity index (χ1) is 11.3. The number of thioether (sulfide) groups is 1. The van der Waals surface area contributed by atoms with Crippen LogP contribution in [0.5, 0.6) is 5.75 Å². The normalized spacial score (nSPS) is 15.7. The molecule has 1 aromatic carbocycles. The van der Waals surface area contributed by atoms with Crippen molar-refractivity contribution in [1.29, 1.82) is 0 Å². The Kier molecular flexibility index (Phi) is 5.80. The molecule has 0 unspecified atom stereocenters. The summed E-state index contributed by atoms with van der Waals surface area (Å²) in [6, 6.07) is 8.55. The van der Waals surface area contributed by atoms with Crippen LogP contribution >= 0.6 is 23.1 Å². The Hall–Kier alpha value is -1.24. The molecule has 0 saturated carbocycles. The van der Waals surface area contributed by atoms with Gasteiger partial charge in [0.25, 0.3) is 5.91 Å². The van der Waals surface area contributed by atoms with Gasteiger partial charge in [-0.3, -0.25) is 4.79 Å². The number of hydrogen-bond donors (Lipinski definition) is 2. The van der Waals surface area contributed by atoms with E-state index in [1.165, 1.54) is 35.7 Å². The molecule has 0 atom stereocenters. The summed E-state index contributed by atoms with van der Waals surface area (Å²) in [7, 11) is 1.62. The Morgan fingerprint density at radius 2 is 2.04 bits per heavy atom. The summed E-state index contributed by atoms with van der Waals surface area (Å²) < 4.78 is 6.53. The first-order valence-corrected chi connectivity index (χ1v) is 9.91. The molecule has 0 spiro atoms. The fraction of sp³-hybridized carbons (Fsp3) is 0.471. The van der Waals surface area contributed by atoms with E-state index < -0.39 is 0 Å². The molecule has 2 aromatic rings. The fourth-order valence-electron chi connectivity index (χ4n) is 2.81. The molecule has 1 amide bonds. The van der Waals surface area contributed by atoms with Crippen molar-refractivity contribution in [2.45, 2.75) is 18.9 Å². The summed E-state index contributed by atoms with van der Waals surface area (Å²) >= 11 is 3.51. The number of rotatable bonds is 6. The average Bonchev–Trinajstić information content (AvgIpc) is 2.98. The summed E-state index contributed by atoms with van der Waals surface area (Å²) in [5.41, 5.74) is 0. The molecule has 4 nitrogen and oxygen atoms in total. The Morgan fingerprint density at radius 1 is 1.26 bits per heavy atom. The summed E-state index contributed by atoms with van der Waals surface area (Å²) in [4.78, 5) is 13.1. The molecule has 2 heterocycles. The fourth-order valence-corrected chi connectivity index (χ4v) is 5.00. The zero-order valence-electron chi connectivity index (χ0n) is 13.3. The topological polar surface area (TPSA) is 50.4 Å². The highest BCUT2D eigenvalue weighted by Gasteiger charge is 2.19. The van der Waals surface area contributed by atoms with Crippen LogP contribution in [0, 0.1) is 0 Å². The van der Waals surface area contributed by atoms with Crippen LogP contribution in [0.15, 0.2) is 24.3 Å². The Labute approximate surface area is 145 Å². The lowest BCUT2D eigenvalue weighted by Gasteiger charge is -2.22. The quantitative estimate of drug-likeness (QED) is 0.786. The SMILES string of the molecule is COc1c(C(=O)NCCNC2CCSCC2)sc2ccccc12. The van der Waals surface area contributed by atoms with Crippen molar-refractivity contribution in [3.63, 3.8) is 0 Å². The molecular formula is C17H22N2O2S2. The predicted octanol–water partition coefficient (Wildman–Crippen LogP) is 3.12. The standard InChI is InChI=1S/C17H22N2O2S2/c1-21-15-13-4-2-3-5-14(13)23-16(15)17(20)19-9-8-18-12-6-10-22-11-7-12/h2-5,12,18H,6-11H2,1H3,(H,19,20). The number of thiophene rings is 1. The third kappa shape index (κ3) is 4.00. The van der Waals surface area contributed by atoms with Crippen LogP contribution < -0.4 is 15.4 Å². The van der Waals surface area contributed by atoms with Crippen LogP contribution in [0.25, 0.3) is 10.1 Å². The summed E-state index contributed by atoms with van der Waals surface area (Å²) in [5.74, 6) is 3.11. The highest BCUT2D eigenvalue weighted by atomic mass is 32.2. The molecule has 2 N–H and O–H groups in total. The molecule has 1 saturated heterocycles. The molecular weight excluding hydrogens is 328 g/mol. The number of fused-ring (bicyclic) bond motifs is 1. The second-order valence-electron chi connectivity index (χ2n) is 5.56. The van der Waals surface area contributed by atoms with Gasteiger partial charge in [-0.2, -0.15) is 11.8 Å². The zero-order chi connectivity index (χ0) is 16.1. The maximum absolute atomic E-state index is 12.4. The van der Waals surface area contributed by atoms with Crippen LogP contribution in [0.2, 0.25) is 0 Å². The van der Waals surface area contributed by atoms with Crippen LogP contribution in [-0.2, 0) is 0 Å². The molecule has 0 bridgehead atoms. The third-order valence-electron chi connectivity index (χ3n) is 4.03. The lowest BCUT2D eigenvalue weighted by Crippen LogP contribution is -2.38. The minimum Gasteiger partial charge on any atom is -0.494 e. The van der Waals surface area contributed by atoms with Gasteiger partial charge in [0.2, 0.25) is 0 Å². The summed E-state index contributed by atoms with van der Waals surface area (Å²) in [5, 5.41) is 7.53. The number of carbonyl (C=O) groups is 1. The summed E-state index contributed by atoms with van der Waals surface area (Å²) in [6.07, 6.45) is 2.45. The van der Waals surface area contributed by atoms with Gasteiger partial charge in [0.15, 0.2) is 0 Å². The number of carbonyl (C=O) groups excluding carboxylic acids is 1. The Morgan fingerprint density at radius 3 is 2.83 bits per heavy atom. The zero-order valence-corrected chi connectivity index (χ0v) is 14.9. The van der Waals surface area contributed by atoms with Crippen molar-refractivity contribution in [1.82, 2.24) is 10.6 Å². The second-order valence-corrected chi connectivity index (χ2v) is 7.83. The van der Waals surface area contributed by atoms with E-state index in [9.17, 15) is 4.79 Å².